The van der Waals surface area contributed by atoms with Crippen LogP contribution in [0.25, 0.3) is 0 Å². The third kappa shape index (κ3) is 4.80. The number of methoxy groups -OCH3 is 2. The van der Waals surface area contributed by atoms with E-state index >= 15 is 0 Å². The first-order chi connectivity index (χ1) is 15.3. The van der Waals surface area contributed by atoms with E-state index in [4.69, 9.17) is 9.47 Å². The van der Waals surface area contributed by atoms with Crippen molar-refractivity contribution in [1.82, 2.24) is 14.8 Å². The van der Waals surface area contributed by atoms with Gasteiger partial charge in [-0.2, -0.15) is 5.10 Å². The number of rotatable bonds is 8. The number of nitrogens with one attached hydrogen (secondary N) is 2. The molecule has 3 rings (SSSR count). The van der Waals surface area contributed by atoms with Gasteiger partial charge in [-0.3, -0.25) is 19.7 Å². The molecule has 0 fully saturated rings. The van der Waals surface area contributed by atoms with Gasteiger partial charge in [-0.15, -0.1) is 0 Å². The Labute approximate surface area is 182 Å². The minimum absolute atomic E-state index is 0.135. The first kappa shape index (κ1) is 22.2. The van der Waals surface area contributed by atoms with Crippen molar-refractivity contribution in [2.45, 2.75) is 13.0 Å². The molecule has 2 amide bonds. The summed E-state index contributed by atoms with van der Waals surface area (Å²) in [6.45, 7) is 1.68. The van der Waals surface area contributed by atoms with Gasteiger partial charge in [0.1, 0.15) is 24.3 Å². The number of aromatic nitrogens is 3. The van der Waals surface area contributed by atoms with Crippen LogP contribution >= 0.6 is 0 Å². The molecule has 0 spiro atoms. The first-order valence-corrected chi connectivity index (χ1v) is 9.30. The fraction of sp³-hybridized carbons (Fsp3) is 0.200. The number of benzene rings is 2. The van der Waals surface area contributed by atoms with Crippen molar-refractivity contribution in [3.8, 4) is 11.5 Å². The number of hydrogen-bond acceptors (Lipinski definition) is 8. The van der Waals surface area contributed by atoms with Crippen molar-refractivity contribution in [3.63, 3.8) is 0 Å². The number of amides is 2. The van der Waals surface area contributed by atoms with E-state index in [2.05, 4.69) is 20.7 Å². The number of anilines is 2. The summed E-state index contributed by atoms with van der Waals surface area (Å²) in [5.74, 6) is -0.679. The molecule has 3 aromatic rings. The third-order valence-electron chi connectivity index (χ3n) is 4.57. The molecule has 0 saturated heterocycles. The van der Waals surface area contributed by atoms with E-state index in [9.17, 15) is 19.7 Å². The standard InChI is InChI=1S/C20H20N6O6/c1-12(25-11-21-10-22-25)19(27)23-13-4-6-14(7-5-13)24-20(28)15-8-17(31-2)18(32-3)9-16(15)26(29)30/h4-12H,1-3H3,(H,23,27)(H,24,28). The van der Waals surface area contributed by atoms with Gasteiger partial charge >= 0.3 is 0 Å². The number of carbonyl (C=O) groups is 2. The molecule has 2 N–H and O–H groups in total. The second kappa shape index (κ2) is 9.55. The molecule has 1 aromatic heterocycles. The van der Waals surface area contributed by atoms with E-state index in [1.54, 1.807) is 31.2 Å². The molecule has 166 valence electrons. The Morgan fingerprint density at radius 1 is 1.06 bits per heavy atom. The summed E-state index contributed by atoms with van der Waals surface area (Å²) in [5.41, 5.74) is 0.260. The van der Waals surface area contributed by atoms with Crippen molar-refractivity contribution < 1.29 is 24.0 Å². The summed E-state index contributed by atoms with van der Waals surface area (Å²) < 4.78 is 11.6. The Morgan fingerprint density at radius 3 is 2.19 bits per heavy atom. The second-order valence-electron chi connectivity index (χ2n) is 6.55. The van der Waals surface area contributed by atoms with E-state index < -0.39 is 22.6 Å². The molecule has 0 aliphatic rings. The van der Waals surface area contributed by atoms with E-state index in [0.29, 0.717) is 11.4 Å². The van der Waals surface area contributed by atoms with Crippen LogP contribution in [0.4, 0.5) is 17.1 Å². The van der Waals surface area contributed by atoms with Crippen molar-refractivity contribution >= 4 is 28.9 Å². The lowest BCUT2D eigenvalue weighted by molar-refractivity contribution is -0.385. The highest BCUT2D eigenvalue weighted by Crippen LogP contribution is 2.34. The normalized spacial score (nSPS) is 11.3. The molecule has 0 aliphatic heterocycles. The summed E-state index contributed by atoms with van der Waals surface area (Å²) in [7, 11) is 2.70. The van der Waals surface area contributed by atoms with Crippen LogP contribution in [0.5, 0.6) is 11.5 Å². The largest absolute Gasteiger partial charge is 0.493 e. The first-order valence-electron chi connectivity index (χ1n) is 9.30. The predicted octanol–water partition coefficient (Wildman–Crippen LogP) is 2.66. The highest BCUT2D eigenvalue weighted by Gasteiger charge is 2.24. The molecule has 0 saturated carbocycles. The van der Waals surface area contributed by atoms with Gasteiger partial charge in [0.2, 0.25) is 5.91 Å². The molecule has 12 heteroatoms. The van der Waals surface area contributed by atoms with Crippen LogP contribution in [-0.4, -0.2) is 45.7 Å². The zero-order chi connectivity index (χ0) is 23.3. The van der Waals surface area contributed by atoms with Crippen molar-refractivity contribution in [1.29, 1.82) is 0 Å². The van der Waals surface area contributed by atoms with E-state index in [1.165, 1.54) is 37.6 Å². The lowest BCUT2D eigenvalue weighted by atomic mass is 10.1. The lowest BCUT2D eigenvalue weighted by Crippen LogP contribution is -2.24. The highest BCUT2D eigenvalue weighted by molar-refractivity contribution is 6.07. The molecule has 2 aromatic carbocycles. The van der Waals surface area contributed by atoms with E-state index in [-0.39, 0.29) is 23.0 Å². The smallest absolute Gasteiger partial charge is 0.286 e. The Kier molecular flexibility index (Phi) is 6.63. The maximum atomic E-state index is 12.7. The number of nitro groups is 1. The van der Waals surface area contributed by atoms with Gasteiger partial charge in [-0.05, 0) is 31.2 Å². The van der Waals surface area contributed by atoms with Gasteiger partial charge in [0.15, 0.2) is 11.5 Å². The van der Waals surface area contributed by atoms with Crippen molar-refractivity contribution in [2.75, 3.05) is 24.9 Å². The van der Waals surface area contributed by atoms with Crippen LogP contribution in [0, 0.1) is 10.1 Å². The molecule has 0 radical (unpaired) electrons. The maximum Gasteiger partial charge on any atom is 0.286 e. The molecular weight excluding hydrogens is 420 g/mol. The topological polar surface area (TPSA) is 151 Å². The Balaban J connectivity index is 1.73. The monoisotopic (exact) mass is 440 g/mol. The Hall–Kier alpha value is -4.48. The average Bonchev–Trinajstić information content (AvgIpc) is 3.33. The summed E-state index contributed by atoms with van der Waals surface area (Å²) in [6.07, 6.45) is 2.78. The van der Waals surface area contributed by atoms with Gasteiger partial charge in [0, 0.05) is 17.4 Å². The summed E-state index contributed by atoms with van der Waals surface area (Å²) in [6, 6.07) is 8.09. The zero-order valence-corrected chi connectivity index (χ0v) is 17.4. The quantitative estimate of drug-likeness (QED) is 0.401. The number of ether oxygens (including phenoxy) is 2. The van der Waals surface area contributed by atoms with Crippen molar-refractivity contribution in [3.05, 3.63) is 64.7 Å². The van der Waals surface area contributed by atoms with Gasteiger partial charge in [-0.25, -0.2) is 9.67 Å². The summed E-state index contributed by atoms with van der Waals surface area (Å²) in [4.78, 5) is 39.6. The van der Waals surface area contributed by atoms with Gasteiger partial charge in [0.05, 0.1) is 25.2 Å². The average molecular weight is 440 g/mol. The minimum atomic E-state index is -0.700. The lowest BCUT2D eigenvalue weighted by Gasteiger charge is -2.13. The predicted molar refractivity (Wildman–Crippen MR) is 114 cm³/mol. The highest BCUT2D eigenvalue weighted by atomic mass is 16.6. The van der Waals surface area contributed by atoms with Crippen LogP contribution in [0.15, 0.2) is 49.1 Å². The number of carbonyl (C=O) groups excluding carboxylic acids is 2. The number of hydrogen-bond donors (Lipinski definition) is 2. The van der Waals surface area contributed by atoms with Gasteiger partial charge < -0.3 is 20.1 Å². The van der Waals surface area contributed by atoms with Crippen LogP contribution in [0.1, 0.15) is 23.3 Å². The molecule has 1 atom stereocenters. The summed E-state index contributed by atoms with van der Waals surface area (Å²) >= 11 is 0. The molecule has 32 heavy (non-hydrogen) atoms. The Bertz CT molecular complexity index is 1130. The molecule has 0 bridgehead atoms. The molecule has 1 heterocycles. The zero-order valence-electron chi connectivity index (χ0n) is 17.4. The van der Waals surface area contributed by atoms with E-state index in [1.807, 2.05) is 0 Å². The fourth-order valence-corrected chi connectivity index (χ4v) is 2.82. The number of nitrogens with zero attached hydrogens (tertiary/aromatic N) is 4. The molecular formula is C20H20N6O6. The molecule has 12 nitrogen and oxygen atoms in total. The number of nitro benzene ring substituents is 1. The third-order valence-corrected chi connectivity index (χ3v) is 4.57. The Morgan fingerprint density at radius 2 is 1.66 bits per heavy atom. The molecule has 0 aliphatic carbocycles. The SMILES string of the molecule is COc1cc(C(=O)Nc2ccc(NC(=O)C(C)n3cncn3)cc2)c([N+](=O)[O-])cc1OC. The van der Waals surface area contributed by atoms with Crippen LogP contribution in [0.2, 0.25) is 0 Å². The van der Waals surface area contributed by atoms with Crippen molar-refractivity contribution in [2.24, 2.45) is 0 Å². The minimum Gasteiger partial charge on any atom is -0.493 e. The fourth-order valence-electron chi connectivity index (χ4n) is 2.82. The van der Waals surface area contributed by atoms with Crippen LogP contribution in [-0.2, 0) is 4.79 Å². The van der Waals surface area contributed by atoms with E-state index in [0.717, 1.165) is 6.07 Å². The summed E-state index contributed by atoms with van der Waals surface area (Å²) in [5, 5.41) is 20.7. The maximum absolute atomic E-state index is 12.7. The van der Waals surface area contributed by atoms with Crippen LogP contribution < -0.4 is 20.1 Å². The second-order valence-corrected chi connectivity index (χ2v) is 6.55. The van der Waals surface area contributed by atoms with Gasteiger partial charge in [0.25, 0.3) is 11.6 Å². The van der Waals surface area contributed by atoms with Gasteiger partial charge in [-0.1, -0.05) is 0 Å². The van der Waals surface area contributed by atoms with Crippen LogP contribution in [0.3, 0.4) is 0 Å². The molecule has 1 unspecified atom stereocenters.